The number of Topliss-reactive ketones (excluding diaryl/α,β-unsaturated/α-hetero) is 1. The molecule has 1 aromatic rings. The highest BCUT2D eigenvalue weighted by atomic mass is 35.5. The van der Waals surface area contributed by atoms with Crippen LogP contribution in [0.15, 0.2) is 35.4 Å². The van der Waals surface area contributed by atoms with Crippen LogP contribution in [-0.4, -0.2) is 88.1 Å². The van der Waals surface area contributed by atoms with Crippen LogP contribution >= 0.6 is 11.6 Å². The van der Waals surface area contributed by atoms with Crippen LogP contribution in [0.5, 0.6) is 0 Å². The average molecular weight is 853 g/mol. The fraction of sp³-hybridized carbons (Fsp3) is 0.755. The van der Waals surface area contributed by atoms with Gasteiger partial charge in [0.2, 0.25) is 5.91 Å². The highest BCUT2D eigenvalue weighted by molar-refractivity contribution is 6.30. The number of carboxylic acids is 1. The smallest absolute Gasteiger partial charge is 0.309 e. The Morgan fingerprint density at radius 3 is 2.18 bits per heavy atom. The Bertz CT molecular complexity index is 1890. The Morgan fingerprint density at radius 2 is 1.58 bits per heavy atom. The molecule has 6 rings (SSSR count). The van der Waals surface area contributed by atoms with Crippen LogP contribution in [0.3, 0.4) is 0 Å². The highest BCUT2D eigenvalue weighted by Crippen LogP contribution is 2.77. The van der Waals surface area contributed by atoms with Gasteiger partial charge in [-0.3, -0.25) is 24.1 Å². The van der Waals surface area contributed by atoms with Gasteiger partial charge in [0.25, 0.3) is 0 Å². The number of aliphatic hydroxyl groups excluding tert-OH is 1. The standard InChI is InChI=1S/C49H74ClN3O7/c1-30(2)40-34(55)26-48(37(56)29-53(25-24-52(11)31(3)54)28-32-12-14-33(50)15-13-32)23-22-47(10)46(9)20-16-35-44(6,7)38(60-39(57)27-43(4,5)42(58)59)18-19-45(35,8)36(46)17-21-49(47,51)41(40)48/h12-15,30,35-38,56H,16-29,51H2,1-11H3,(H,58,59)/t35-,36+,37-,38-,45?,46+,47-,48-,49?/m0/s1. The van der Waals surface area contributed by atoms with E-state index in [0.717, 1.165) is 61.7 Å². The van der Waals surface area contributed by atoms with Crippen molar-refractivity contribution in [2.24, 2.45) is 56.0 Å². The number of carbonyl (C=O) groups is 4. The molecule has 4 fully saturated rings. The first-order chi connectivity index (χ1) is 27.7. The second-order valence-corrected chi connectivity index (χ2v) is 22.6. The van der Waals surface area contributed by atoms with Crippen molar-refractivity contribution in [1.82, 2.24) is 9.80 Å². The molecule has 0 radical (unpaired) electrons. The summed E-state index contributed by atoms with van der Waals surface area (Å²) in [6, 6.07) is 7.73. The lowest BCUT2D eigenvalue weighted by Gasteiger charge is -2.74. The highest BCUT2D eigenvalue weighted by Gasteiger charge is 2.74. The molecule has 60 heavy (non-hydrogen) atoms. The fourth-order valence-corrected chi connectivity index (χ4v) is 14.1. The predicted molar refractivity (Wildman–Crippen MR) is 235 cm³/mol. The molecule has 0 spiro atoms. The summed E-state index contributed by atoms with van der Waals surface area (Å²) in [5, 5.41) is 23.1. The molecule has 0 aromatic heterocycles. The van der Waals surface area contributed by atoms with E-state index in [-0.39, 0.29) is 64.1 Å². The molecule has 9 atom stereocenters. The van der Waals surface area contributed by atoms with Gasteiger partial charge in [0.1, 0.15) is 6.10 Å². The number of halogens is 1. The zero-order valence-electron chi connectivity index (χ0n) is 38.4. The number of rotatable bonds is 13. The van der Waals surface area contributed by atoms with Crippen LogP contribution < -0.4 is 5.73 Å². The number of carboxylic acid groups (broad SMARTS) is 1. The third kappa shape index (κ3) is 7.49. The largest absolute Gasteiger partial charge is 0.481 e. The van der Waals surface area contributed by atoms with Gasteiger partial charge in [-0.2, -0.15) is 0 Å². The number of allylic oxidation sites excluding steroid dienone is 1. The zero-order chi connectivity index (χ0) is 44.6. The monoisotopic (exact) mass is 852 g/mol. The zero-order valence-corrected chi connectivity index (χ0v) is 39.1. The lowest BCUT2D eigenvalue weighted by Crippen LogP contribution is -2.74. The molecule has 0 heterocycles. The van der Waals surface area contributed by atoms with Gasteiger partial charge in [0, 0.05) is 68.0 Å². The number of esters is 1. The first-order valence-corrected chi connectivity index (χ1v) is 22.9. The van der Waals surface area contributed by atoms with Crippen LogP contribution in [0, 0.1) is 50.2 Å². The maximum Gasteiger partial charge on any atom is 0.309 e. The van der Waals surface area contributed by atoms with Crippen LogP contribution in [0.4, 0.5) is 0 Å². The van der Waals surface area contributed by atoms with E-state index in [9.17, 15) is 29.4 Å². The molecule has 5 aliphatic carbocycles. The number of aliphatic hydroxyl groups is 1. The van der Waals surface area contributed by atoms with Crippen molar-refractivity contribution < 1.29 is 34.1 Å². The maximum atomic E-state index is 14.4. The maximum absolute atomic E-state index is 14.4. The minimum atomic E-state index is -1.20. The quantitative estimate of drug-likeness (QED) is 0.166. The molecule has 0 bridgehead atoms. The van der Waals surface area contributed by atoms with Crippen molar-refractivity contribution in [1.29, 1.82) is 0 Å². The molecule has 4 saturated carbocycles. The van der Waals surface area contributed by atoms with Gasteiger partial charge in [0.15, 0.2) is 5.78 Å². The van der Waals surface area contributed by atoms with Crippen LogP contribution in [0.2, 0.25) is 5.02 Å². The first kappa shape index (κ1) is 46.7. The molecule has 11 heteroatoms. The van der Waals surface area contributed by atoms with Crippen LogP contribution in [0.1, 0.15) is 139 Å². The second-order valence-electron chi connectivity index (χ2n) is 22.1. The van der Waals surface area contributed by atoms with Crippen molar-refractivity contribution in [3.8, 4) is 0 Å². The van der Waals surface area contributed by atoms with Crippen molar-refractivity contribution in [3.63, 3.8) is 0 Å². The van der Waals surface area contributed by atoms with Crippen molar-refractivity contribution in [2.45, 2.75) is 158 Å². The Hall–Kier alpha value is -2.79. The Labute approximate surface area is 364 Å². The van der Waals surface area contributed by atoms with E-state index in [0.29, 0.717) is 43.5 Å². The predicted octanol–water partition coefficient (Wildman–Crippen LogP) is 8.46. The number of ether oxygens (including phenoxy) is 1. The number of benzene rings is 1. The molecule has 2 unspecified atom stereocenters. The number of likely N-dealkylation sites (N-methyl/N-ethyl adjacent to an activating group) is 1. The SMILES string of the molecule is CC(=O)N(C)CCN(Cc1ccc(Cl)cc1)C[C@H](O)[C@@]12CC[C@]3(C)C(N)(CC[C@@H]4C5(C)CC[C@H](OC(=O)CC(C)(C)C(=O)O)C(C)(C)[C@@H]5CC[C@]43C)C1=C(C(C)C)C(=O)C2. The number of hydrogen-bond donors (Lipinski definition) is 3. The number of nitrogens with zero attached hydrogens (tertiary/aromatic N) is 2. The molecule has 0 saturated heterocycles. The number of amides is 1. The molecular formula is C49H74ClN3O7. The van der Waals surface area contributed by atoms with Gasteiger partial charge in [-0.25, -0.2) is 0 Å². The summed E-state index contributed by atoms with van der Waals surface area (Å²) in [6.45, 7) is 22.6. The van der Waals surface area contributed by atoms with E-state index in [2.05, 4.69) is 53.4 Å². The van der Waals surface area contributed by atoms with E-state index in [1.165, 1.54) is 0 Å². The summed E-state index contributed by atoms with van der Waals surface area (Å²) in [7, 11) is 1.79. The Kier molecular flexibility index (Phi) is 12.5. The molecule has 1 aromatic carbocycles. The summed E-state index contributed by atoms with van der Waals surface area (Å²) in [5.74, 6) is -0.788. The number of nitrogens with two attached hydrogens (primary N) is 1. The van der Waals surface area contributed by atoms with Gasteiger partial charge < -0.3 is 25.6 Å². The molecule has 1 amide bonds. The lowest BCUT2D eigenvalue weighted by molar-refractivity contribution is -0.239. The van der Waals surface area contributed by atoms with Crippen LogP contribution in [-0.2, 0) is 30.5 Å². The van der Waals surface area contributed by atoms with E-state index in [1.54, 1.807) is 32.7 Å². The molecule has 5 aliphatic rings. The third-order valence-corrected chi connectivity index (χ3v) is 18.1. The molecule has 334 valence electrons. The average Bonchev–Trinajstić information content (AvgIpc) is 3.47. The Balaban J connectivity index is 1.32. The van der Waals surface area contributed by atoms with Crippen LogP contribution in [0.25, 0.3) is 0 Å². The number of carbonyl (C=O) groups excluding carboxylic acids is 3. The van der Waals surface area contributed by atoms with E-state index in [1.807, 2.05) is 24.3 Å². The second kappa shape index (κ2) is 16.1. The summed E-state index contributed by atoms with van der Waals surface area (Å²) in [5.41, 5.74) is 7.31. The number of ketones is 1. The van der Waals surface area contributed by atoms with E-state index >= 15 is 0 Å². The first-order valence-electron chi connectivity index (χ1n) is 22.6. The number of hydrogen-bond acceptors (Lipinski definition) is 8. The number of fused-ring (bicyclic) bond motifs is 7. The van der Waals surface area contributed by atoms with Gasteiger partial charge >= 0.3 is 11.9 Å². The normalized spacial score (nSPS) is 35.3. The van der Waals surface area contributed by atoms with Gasteiger partial charge in [-0.15, -0.1) is 0 Å². The summed E-state index contributed by atoms with van der Waals surface area (Å²) >= 11 is 6.24. The molecular weight excluding hydrogens is 778 g/mol. The van der Waals surface area contributed by atoms with Gasteiger partial charge in [0.05, 0.1) is 17.9 Å². The molecule has 4 N–H and O–H groups in total. The summed E-state index contributed by atoms with van der Waals surface area (Å²) in [4.78, 5) is 55.6. The number of aliphatic carboxylic acids is 1. The van der Waals surface area contributed by atoms with Gasteiger partial charge in [-0.05, 0) is 128 Å². The van der Waals surface area contributed by atoms with Crippen molar-refractivity contribution in [2.75, 3.05) is 26.7 Å². The van der Waals surface area contributed by atoms with E-state index < -0.39 is 34.4 Å². The summed E-state index contributed by atoms with van der Waals surface area (Å²) < 4.78 is 6.19. The molecule has 10 nitrogen and oxygen atoms in total. The van der Waals surface area contributed by atoms with Crippen molar-refractivity contribution >= 4 is 35.2 Å². The van der Waals surface area contributed by atoms with Gasteiger partial charge in [-0.1, -0.05) is 72.2 Å². The molecule has 0 aliphatic heterocycles. The van der Waals surface area contributed by atoms with E-state index in [4.69, 9.17) is 22.1 Å². The lowest BCUT2D eigenvalue weighted by atomic mass is 9.31. The van der Waals surface area contributed by atoms with Crippen molar-refractivity contribution in [3.05, 3.63) is 46.0 Å². The minimum absolute atomic E-state index is 0.0189. The fourth-order valence-electron chi connectivity index (χ4n) is 14.0. The minimum Gasteiger partial charge on any atom is -0.481 e. The summed E-state index contributed by atoms with van der Waals surface area (Å²) in [6.07, 6.45) is 5.55. The Morgan fingerprint density at radius 1 is 0.950 bits per heavy atom. The topological polar surface area (TPSA) is 150 Å². The third-order valence-electron chi connectivity index (χ3n) is 17.8.